The van der Waals surface area contributed by atoms with Crippen LogP contribution in [0.2, 0.25) is 5.02 Å². The van der Waals surface area contributed by atoms with Crippen molar-refractivity contribution in [1.29, 1.82) is 0 Å². The van der Waals surface area contributed by atoms with Crippen molar-refractivity contribution >= 4 is 34.2 Å². The van der Waals surface area contributed by atoms with E-state index in [0.717, 1.165) is 11.0 Å². The van der Waals surface area contributed by atoms with Gasteiger partial charge in [0.1, 0.15) is 11.4 Å². The van der Waals surface area contributed by atoms with E-state index in [2.05, 4.69) is 30.5 Å². The first kappa shape index (κ1) is 14.4. The molecule has 0 bridgehead atoms. The van der Waals surface area contributed by atoms with Crippen LogP contribution in [0, 0.1) is 0 Å². The molecule has 0 saturated carbocycles. The van der Waals surface area contributed by atoms with Gasteiger partial charge in [0.15, 0.2) is 5.82 Å². The Balaban J connectivity index is 1.63. The Morgan fingerprint density at radius 2 is 2.08 bits per heavy atom. The van der Waals surface area contributed by atoms with E-state index in [1.807, 2.05) is 12.1 Å². The Hall–Kier alpha value is -3.19. The van der Waals surface area contributed by atoms with Crippen LogP contribution in [0.5, 0.6) is 0 Å². The van der Waals surface area contributed by atoms with Crippen LogP contribution in [0.15, 0.2) is 48.8 Å². The van der Waals surface area contributed by atoms with Crippen molar-refractivity contribution in [3.8, 4) is 11.5 Å². The topological polar surface area (TPSA) is 99.3 Å². The van der Waals surface area contributed by atoms with Gasteiger partial charge >= 0.3 is 0 Å². The molecule has 4 rings (SSSR count). The van der Waals surface area contributed by atoms with Gasteiger partial charge in [-0.25, -0.2) is 4.98 Å². The molecule has 3 heterocycles. The van der Waals surface area contributed by atoms with Gasteiger partial charge in [0.25, 0.3) is 5.91 Å². The van der Waals surface area contributed by atoms with E-state index < -0.39 is 0 Å². The molecule has 1 aromatic carbocycles. The second-order valence-electron chi connectivity index (χ2n) is 5.10. The van der Waals surface area contributed by atoms with Crippen molar-refractivity contribution in [3.63, 3.8) is 0 Å². The third-order valence-corrected chi connectivity index (χ3v) is 3.68. The molecule has 0 unspecified atom stereocenters. The number of benzene rings is 1. The van der Waals surface area contributed by atoms with Crippen molar-refractivity contribution in [2.45, 2.75) is 0 Å². The van der Waals surface area contributed by atoms with E-state index in [1.54, 1.807) is 30.5 Å². The summed E-state index contributed by atoms with van der Waals surface area (Å²) in [6, 6.07) is 10.6. The summed E-state index contributed by atoms with van der Waals surface area (Å²) in [6.45, 7) is 0. The summed E-state index contributed by atoms with van der Waals surface area (Å²) in [4.78, 5) is 24.0. The molecule has 0 atom stereocenters. The van der Waals surface area contributed by atoms with Crippen LogP contribution in [0.25, 0.3) is 22.6 Å². The first-order valence-corrected chi connectivity index (χ1v) is 7.49. The van der Waals surface area contributed by atoms with E-state index in [0.29, 0.717) is 27.9 Å². The average molecular weight is 339 g/mol. The number of nitrogens with one attached hydrogen (secondary N) is 3. The number of aromatic amines is 2. The Morgan fingerprint density at radius 3 is 2.83 bits per heavy atom. The van der Waals surface area contributed by atoms with Crippen molar-refractivity contribution in [2.75, 3.05) is 5.32 Å². The number of pyridine rings is 1. The molecule has 0 fully saturated rings. The number of imidazole rings is 1. The summed E-state index contributed by atoms with van der Waals surface area (Å²) in [5, 5.41) is 9.75. The Bertz CT molecular complexity index is 1010. The maximum absolute atomic E-state index is 12.0. The second-order valence-corrected chi connectivity index (χ2v) is 5.54. The van der Waals surface area contributed by atoms with Crippen LogP contribution in [-0.4, -0.2) is 31.1 Å². The molecule has 0 aliphatic carbocycles. The molecule has 1 amide bonds. The van der Waals surface area contributed by atoms with Gasteiger partial charge in [-0.1, -0.05) is 11.6 Å². The first-order chi connectivity index (χ1) is 11.7. The Labute approximate surface area is 141 Å². The molecule has 0 radical (unpaired) electrons. The minimum absolute atomic E-state index is 0.258. The Kier molecular flexibility index (Phi) is 3.47. The number of H-pyrrole nitrogens is 2. The number of rotatable bonds is 3. The van der Waals surface area contributed by atoms with Gasteiger partial charge in [-0.15, -0.1) is 0 Å². The quantitative estimate of drug-likeness (QED) is 0.534. The van der Waals surface area contributed by atoms with Gasteiger partial charge in [0.05, 0.1) is 16.1 Å². The highest BCUT2D eigenvalue weighted by molar-refractivity contribution is 6.30. The minimum atomic E-state index is -0.258. The van der Waals surface area contributed by atoms with Crippen molar-refractivity contribution in [1.82, 2.24) is 25.1 Å². The molecule has 24 heavy (non-hydrogen) atoms. The summed E-state index contributed by atoms with van der Waals surface area (Å²) in [7, 11) is 0. The summed E-state index contributed by atoms with van der Waals surface area (Å²) >= 11 is 5.85. The molecule has 0 saturated heterocycles. The number of hydrogen-bond donors (Lipinski definition) is 3. The molecule has 0 spiro atoms. The molecular formula is C16H11ClN6O. The van der Waals surface area contributed by atoms with E-state index in [9.17, 15) is 4.79 Å². The Morgan fingerprint density at radius 1 is 1.17 bits per heavy atom. The number of anilines is 1. The second kappa shape index (κ2) is 5.78. The molecule has 0 aliphatic heterocycles. The third-order valence-electron chi connectivity index (χ3n) is 3.46. The monoisotopic (exact) mass is 338 g/mol. The van der Waals surface area contributed by atoms with Gasteiger partial charge in [-0.2, -0.15) is 5.10 Å². The van der Waals surface area contributed by atoms with E-state index in [1.165, 1.54) is 6.20 Å². The molecule has 3 N–H and O–H groups in total. The number of hydrogen-bond acceptors (Lipinski definition) is 4. The summed E-state index contributed by atoms with van der Waals surface area (Å²) < 4.78 is 0. The maximum atomic E-state index is 12.0. The lowest BCUT2D eigenvalue weighted by molar-refractivity contribution is 0.102. The van der Waals surface area contributed by atoms with Crippen LogP contribution in [0.3, 0.4) is 0 Å². The molecule has 118 valence electrons. The highest BCUT2D eigenvalue weighted by Gasteiger charge is 2.10. The fraction of sp³-hybridized carbons (Fsp3) is 0. The standard InChI is InChI=1S/C16H11ClN6O/c17-9-1-3-12(18-8-9)15-21-11-4-2-10(7-14(11)22-15)20-16(24)13-5-6-19-23-13/h1-8H,(H,19,23)(H,20,24)(H,21,22). The zero-order valence-electron chi connectivity index (χ0n) is 12.2. The SMILES string of the molecule is O=C(Nc1ccc2nc(-c3ccc(Cl)cn3)[nH]c2c1)c1ccn[nH]1. The van der Waals surface area contributed by atoms with Crippen molar-refractivity contribution < 1.29 is 4.79 Å². The van der Waals surface area contributed by atoms with Crippen LogP contribution >= 0.6 is 11.6 Å². The number of halogens is 1. The summed E-state index contributed by atoms with van der Waals surface area (Å²) in [5.74, 6) is 0.379. The first-order valence-electron chi connectivity index (χ1n) is 7.11. The van der Waals surface area contributed by atoms with Gasteiger partial charge in [-0.3, -0.25) is 14.9 Å². The number of nitrogens with zero attached hydrogens (tertiary/aromatic N) is 3. The zero-order chi connectivity index (χ0) is 16.5. The number of carbonyl (C=O) groups excluding carboxylic acids is 1. The number of amides is 1. The minimum Gasteiger partial charge on any atom is -0.337 e. The highest BCUT2D eigenvalue weighted by atomic mass is 35.5. The van der Waals surface area contributed by atoms with Crippen LogP contribution < -0.4 is 5.32 Å². The lowest BCUT2D eigenvalue weighted by Crippen LogP contribution is -2.12. The zero-order valence-corrected chi connectivity index (χ0v) is 13.0. The fourth-order valence-electron chi connectivity index (χ4n) is 2.31. The molecule has 0 aliphatic rings. The van der Waals surface area contributed by atoms with Crippen LogP contribution in [0.1, 0.15) is 10.5 Å². The smallest absolute Gasteiger partial charge is 0.273 e. The average Bonchev–Trinajstić information content (AvgIpc) is 3.24. The molecule has 4 aromatic rings. The van der Waals surface area contributed by atoms with Crippen molar-refractivity contribution in [2.24, 2.45) is 0 Å². The molecular weight excluding hydrogens is 328 g/mol. The van der Waals surface area contributed by atoms with Crippen LogP contribution in [-0.2, 0) is 0 Å². The molecule has 7 nitrogen and oxygen atoms in total. The van der Waals surface area contributed by atoms with Gasteiger partial charge in [-0.05, 0) is 36.4 Å². The molecule has 3 aromatic heterocycles. The normalized spacial score (nSPS) is 10.9. The van der Waals surface area contributed by atoms with Gasteiger partial charge in [0.2, 0.25) is 0 Å². The van der Waals surface area contributed by atoms with Crippen LogP contribution in [0.4, 0.5) is 5.69 Å². The number of fused-ring (bicyclic) bond motifs is 1. The van der Waals surface area contributed by atoms with E-state index >= 15 is 0 Å². The number of carbonyl (C=O) groups is 1. The van der Waals surface area contributed by atoms with E-state index in [-0.39, 0.29) is 5.91 Å². The maximum Gasteiger partial charge on any atom is 0.273 e. The summed E-state index contributed by atoms with van der Waals surface area (Å²) in [6.07, 6.45) is 3.10. The predicted molar refractivity (Wildman–Crippen MR) is 90.9 cm³/mol. The lowest BCUT2D eigenvalue weighted by Gasteiger charge is -2.02. The summed E-state index contributed by atoms with van der Waals surface area (Å²) in [5.41, 5.74) is 3.32. The third kappa shape index (κ3) is 2.72. The van der Waals surface area contributed by atoms with Gasteiger partial charge in [0, 0.05) is 18.1 Å². The fourth-order valence-corrected chi connectivity index (χ4v) is 2.42. The van der Waals surface area contributed by atoms with Gasteiger partial charge < -0.3 is 10.3 Å². The largest absolute Gasteiger partial charge is 0.337 e. The predicted octanol–water partition coefficient (Wildman–Crippen LogP) is 3.25. The highest BCUT2D eigenvalue weighted by Crippen LogP contribution is 2.22. The van der Waals surface area contributed by atoms with Crippen molar-refractivity contribution in [3.05, 3.63) is 59.5 Å². The number of aromatic nitrogens is 5. The molecule has 8 heteroatoms. The van der Waals surface area contributed by atoms with E-state index in [4.69, 9.17) is 11.6 Å². The lowest BCUT2D eigenvalue weighted by atomic mass is 10.2.